The molecule has 0 radical (unpaired) electrons. The molecule has 1 aliphatic heterocycles. The molecule has 3 heterocycles. The first-order valence-electron chi connectivity index (χ1n) is 12.0. The lowest BCUT2D eigenvalue weighted by Crippen LogP contribution is -2.30. The van der Waals surface area contributed by atoms with Crippen molar-refractivity contribution in [3.8, 4) is 5.69 Å². The summed E-state index contributed by atoms with van der Waals surface area (Å²) in [7, 11) is 0. The Kier molecular flexibility index (Phi) is 5.55. The van der Waals surface area contributed by atoms with Crippen molar-refractivity contribution in [1.82, 2.24) is 14.9 Å². The average molecular weight is 475 g/mol. The van der Waals surface area contributed by atoms with E-state index >= 15 is 0 Å². The van der Waals surface area contributed by atoms with E-state index in [1.54, 1.807) is 0 Å². The Balaban J connectivity index is 1.50. The standard InChI is InChI=1S/C30H26N4S/c1-2-21-12-15-24(16-13-21)34-29(28(32-30(34)35)26-10-5-6-18-31-26)27-11-7-19-33(27)25-17-14-22-8-3-4-9-23(22)20-25/h3-20,28-29H,2H2,1H3,(H,32,35)/t28-,29+/m1/s1. The van der Waals surface area contributed by atoms with Crippen LogP contribution in [0, 0.1) is 0 Å². The van der Waals surface area contributed by atoms with Gasteiger partial charge in [-0.2, -0.15) is 0 Å². The summed E-state index contributed by atoms with van der Waals surface area (Å²) in [6.07, 6.45) is 4.99. The zero-order chi connectivity index (χ0) is 23.8. The Morgan fingerprint density at radius 2 is 1.60 bits per heavy atom. The maximum Gasteiger partial charge on any atom is 0.174 e. The number of anilines is 1. The van der Waals surface area contributed by atoms with Crippen LogP contribution in [0.25, 0.3) is 16.5 Å². The summed E-state index contributed by atoms with van der Waals surface area (Å²) in [6, 6.07) is 34.0. The van der Waals surface area contributed by atoms with Crippen LogP contribution in [0.4, 0.5) is 5.69 Å². The number of nitrogens with one attached hydrogen (secondary N) is 1. The smallest absolute Gasteiger partial charge is 0.174 e. The number of pyridine rings is 1. The van der Waals surface area contributed by atoms with Crippen molar-refractivity contribution in [3.63, 3.8) is 0 Å². The number of aryl methyl sites for hydroxylation is 1. The molecule has 5 heteroatoms. The van der Waals surface area contributed by atoms with E-state index in [0.29, 0.717) is 5.11 Å². The molecule has 0 saturated carbocycles. The molecule has 172 valence electrons. The van der Waals surface area contributed by atoms with Gasteiger partial charge in [0.05, 0.1) is 11.7 Å². The molecule has 6 rings (SSSR count). The molecular formula is C30H26N4S. The van der Waals surface area contributed by atoms with Crippen LogP contribution in [0.15, 0.2) is 109 Å². The number of aromatic nitrogens is 2. The fourth-order valence-corrected chi connectivity index (χ4v) is 5.37. The Hall–Kier alpha value is -3.96. The second-order valence-corrected chi connectivity index (χ2v) is 9.24. The highest BCUT2D eigenvalue weighted by atomic mass is 32.1. The molecule has 2 atom stereocenters. The van der Waals surface area contributed by atoms with Crippen molar-refractivity contribution in [2.45, 2.75) is 25.4 Å². The van der Waals surface area contributed by atoms with Crippen LogP contribution in [-0.4, -0.2) is 14.7 Å². The van der Waals surface area contributed by atoms with Crippen LogP contribution in [0.2, 0.25) is 0 Å². The predicted octanol–water partition coefficient (Wildman–Crippen LogP) is 6.77. The van der Waals surface area contributed by atoms with Gasteiger partial charge in [-0.05, 0) is 83.5 Å². The molecule has 35 heavy (non-hydrogen) atoms. The molecule has 4 nitrogen and oxygen atoms in total. The SMILES string of the molecule is CCc1ccc(N2C(=S)N[C@H](c3ccccn3)[C@@H]2c2cccn2-c2ccc3ccccc3c2)cc1. The maximum absolute atomic E-state index is 5.91. The first-order chi connectivity index (χ1) is 17.2. The van der Waals surface area contributed by atoms with Gasteiger partial charge in [-0.15, -0.1) is 0 Å². The van der Waals surface area contributed by atoms with E-state index in [0.717, 1.165) is 29.2 Å². The van der Waals surface area contributed by atoms with Gasteiger partial charge in [-0.3, -0.25) is 4.98 Å². The maximum atomic E-state index is 5.91. The van der Waals surface area contributed by atoms with E-state index in [2.05, 4.69) is 113 Å². The van der Waals surface area contributed by atoms with Crippen molar-refractivity contribution in [2.75, 3.05) is 4.90 Å². The Bertz CT molecular complexity index is 1490. The van der Waals surface area contributed by atoms with Crippen LogP contribution in [0.5, 0.6) is 0 Å². The van der Waals surface area contributed by atoms with Crippen LogP contribution in [0.1, 0.15) is 36.0 Å². The number of fused-ring (bicyclic) bond motifs is 1. The fraction of sp³-hybridized carbons (Fsp3) is 0.133. The molecular weight excluding hydrogens is 448 g/mol. The number of hydrogen-bond donors (Lipinski definition) is 1. The summed E-state index contributed by atoms with van der Waals surface area (Å²) in [5.74, 6) is 0. The molecule has 1 aliphatic rings. The predicted molar refractivity (Wildman–Crippen MR) is 147 cm³/mol. The van der Waals surface area contributed by atoms with Gasteiger partial charge in [-0.1, -0.05) is 55.5 Å². The van der Waals surface area contributed by atoms with Crippen molar-refractivity contribution in [3.05, 3.63) is 126 Å². The highest BCUT2D eigenvalue weighted by molar-refractivity contribution is 7.80. The highest BCUT2D eigenvalue weighted by Gasteiger charge is 2.42. The van der Waals surface area contributed by atoms with Gasteiger partial charge in [-0.25, -0.2) is 0 Å². The lowest BCUT2D eigenvalue weighted by Gasteiger charge is -2.29. The van der Waals surface area contributed by atoms with Crippen LogP contribution in [0.3, 0.4) is 0 Å². The summed E-state index contributed by atoms with van der Waals surface area (Å²) in [6.45, 7) is 2.17. The molecule has 2 aromatic heterocycles. The van der Waals surface area contributed by atoms with E-state index in [-0.39, 0.29) is 12.1 Å². The minimum absolute atomic E-state index is 0.0636. The van der Waals surface area contributed by atoms with Gasteiger partial charge >= 0.3 is 0 Å². The quantitative estimate of drug-likeness (QED) is 0.285. The summed E-state index contributed by atoms with van der Waals surface area (Å²) >= 11 is 5.91. The van der Waals surface area contributed by atoms with E-state index < -0.39 is 0 Å². The molecule has 0 aliphatic carbocycles. The molecule has 1 fully saturated rings. The molecule has 3 aromatic carbocycles. The van der Waals surface area contributed by atoms with Gasteiger partial charge in [0.25, 0.3) is 0 Å². The topological polar surface area (TPSA) is 33.1 Å². The second-order valence-electron chi connectivity index (χ2n) is 8.85. The number of benzene rings is 3. The minimum atomic E-state index is -0.0799. The van der Waals surface area contributed by atoms with Crippen molar-refractivity contribution in [2.24, 2.45) is 0 Å². The van der Waals surface area contributed by atoms with Crippen LogP contribution >= 0.6 is 12.2 Å². The van der Waals surface area contributed by atoms with Crippen molar-refractivity contribution < 1.29 is 0 Å². The first-order valence-corrected chi connectivity index (χ1v) is 12.4. The van der Waals surface area contributed by atoms with Gasteiger partial charge in [0.1, 0.15) is 6.04 Å². The van der Waals surface area contributed by atoms with Crippen LogP contribution in [-0.2, 0) is 6.42 Å². The van der Waals surface area contributed by atoms with Gasteiger partial charge in [0, 0.05) is 29.5 Å². The third-order valence-corrected chi connectivity index (χ3v) is 7.13. The zero-order valence-corrected chi connectivity index (χ0v) is 20.3. The Labute approximate surface area is 210 Å². The molecule has 5 aromatic rings. The van der Waals surface area contributed by atoms with Gasteiger partial charge in [0.2, 0.25) is 0 Å². The van der Waals surface area contributed by atoms with Gasteiger partial charge < -0.3 is 14.8 Å². The Morgan fingerprint density at radius 3 is 2.37 bits per heavy atom. The molecule has 0 spiro atoms. The normalized spacial score (nSPS) is 17.6. The second kappa shape index (κ2) is 9.01. The fourth-order valence-electron chi connectivity index (χ4n) is 5.02. The van der Waals surface area contributed by atoms with Crippen LogP contribution < -0.4 is 10.2 Å². The summed E-state index contributed by atoms with van der Waals surface area (Å²) < 4.78 is 2.27. The lowest BCUT2D eigenvalue weighted by atomic mass is 10.00. The molecule has 1 N–H and O–H groups in total. The molecule has 1 saturated heterocycles. The third kappa shape index (κ3) is 3.88. The number of thiocarbonyl (C=S) groups is 1. The lowest BCUT2D eigenvalue weighted by molar-refractivity contribution is 0.549. The molecule has 0 amide bonds. The number of rotatable bonds is 5. The highest BCUT2D eigenvalue weighted by Crippen LogP contribution is 2.42. The van der Waals surface area contributed by atoms with E-state index in [4.69, 9.17) is 17.2 Å². The zero-order valence-electron chi connectivity index (χ0n) is 19.5. The average Bonchev–Trinajstić information content (AvgIpc) is 3.53. The van der Waals surface area contributed by atoms with E-state index in [1.165, 1.54) is 16.3 Å². The number of nitrogens with zero attached hydrogens (tertiary/aromatic N) is 3. The number of hydrogen-bond acceptors (Lipinski definition) is 2. The largest absolute Gasteiger partial charge is 0.351 e. The molecule has 0 unspecified atom stereocenters. The summed E-state index contributed by atoms with van der Waals surface area (Å²) in [4.78, 5) is 6.93. The molecule has 0 bridgehead atoms. The third-order valence-electron chi connectivity index (χ3n) is 6.82. The van der Waals surface area contributed by atoms with E-state index in [9.17, 15) is 0 Å². The van der Waals surface area contributed by atoms with Gasteiger partial charge in [0.15, 0.2) is 5.11 Å². The minimum Gasteiger partial charge on any atom is -0.351 e. The first kappa shape index (κ1) is 21.6. The summed E-state index contributed by atoms with van der Waals surface area (Å²) in [5, 5.41) is 6.74. The van der Waals surface area contributed by atoms with Crippen molar-refractivity contribution >= 4 is 33.8 Å². The summed E-state index contributed by atoms with van der Waals surface area (Å²) in [5.41, 5.74) is 5.64. The monoisotopic (exact) mass is 474 g/mol. The van der Waals surface area contributed by atoms with Crippen molar-refractivity contribution in [1.29, 1.82) is 0 Å². The van der Waals surface area contributed by atoms with E-state index in [1.807, 2.05) is 18.3 Å². The Morgan fingerprint density at radius 1 is 0.829 bits per heavy atom.